The zero-order valence-corrected chi connectivity index (χ0v) is 14.7. The molecule has 1 fully saturated rings. The van der Waals surface area contributed by atoms with Crippen molar-refractivity contribution in [3.63, 3.8) is 0 Å². The number of hydrogen-bond acceptors (Lipinski definition) is 5. The molecule has 2 heterocycles. The van der Waals surface area contributed by atoms with Gasteiger partial charge in [-0.2, -0.15) is 11.8 Å². The van der Waals surface area contributed by atoms with Gasteiger partial charge >= 0.3 is 0 Å². The van der Waals surface area contributed by atoms with Gasteiger partial charge in [-0.3, -0.25) is 0 Å². The van der Waals surface area contributed by atoms with Crippen molar-refractivity contribution in [3.05, 3.63) is 17.7 Å². The number of rotatable bonds is 5. The van der Waals surface area contributed by atoms with Gasteiger partial charge < -0.3 is 10.2 Å². The van der Waals surface area contributed by atoms with E-state index in [1.807, 2.05) is 6.20 Å². The molecule has 0 bridgehead atoms. The minimum Gasteiger partial charge on any atom is -0.364 e. The molecule has 0 radical (unpaired) electrons. The van der Waals surface area contributed by atoms with Crippen LogP contribution in [-0.2, 0) is 6.54 Å². The van der Waals surface area contributed by atoms with Crippen LogP contribution in [0.4, 0.5) is 5.69 Å². The standard InChI is InChI=1S/C16H28N4S/c1-6-17-9-14-15(10-18-16(19-14)11(2)3)20-7-8-21-13(5)12(20)4/h10-13,17H,6-9H2,1-5H3. The molecule has 2 atom stereocenters. The molecule has 1 aliphatic heterocycles. The maximum atomic E-state index is 4.82. The first kappa shape index (κ1) is 16.6. The molecule has 0 amide bonds. The first-order chi connectivity index (χ1) is 10.0. The summed E-state index contributed by atoms with van der Waals surface area (Å²) in [4.78, 5) is 11.9. The molecule has 1 aromatic heterocycles. The minimum atomic E-state index is 0.368. The largest absolute Gasteiger partial charge is 0.364 e. The number of hydrogen-bond donors (Lipinski definition) is 1. The Bertz CT molecular complexity index is 464. The third-order valence-electron chi connectivity index (χ3n) is 4.12. The van der Waals surface area contributed by atoms with Crippen LogP contribution in [0.15, 0.2) is 6.20 Å². The van der Waals surface area contributed by atoms with Crippen LogP contribution in [0.25, 0.3) is 0 Å². The molecule has 5 heteroatoms. The second-order valence-electron chi connectivity index (χ2n) is 6.01. The van der Waals surface area contributed by atoms with Crippen LogP contribution in [0.5, 0.6) is 0 Å². The van der Waals surface area contributed by atoms with Gasteiger partial charge in [0.2, 0.25) is 0 Å². The molecule has 0 spiro atoms. The lowest BCUT2D eigenvalue weighted by molar-refractivity contribution is 0.611. The second kappa shape index (κ2) is 7.45. The smallest absolute Gasteiger partial charge is 0.131 e. The lowest BCUT2D eigenvalue weighted by Crippen LogP contribution is -2.45. The lowest BCUT2D eigenvalue weighted by Gasteiger charge is -2.39. The van der Waals surface area contributed by atoms with E-state index in [0.717, 1.165) is 31.2 Å². The maximum Gasteiger partial charge on any atom is 0.131 e. The molecular weight excluding hydrogens is 280 g/mol. The van der Waals surface area contributed by atoms with Crippen LogP contribution in [0.2, 0.25) is 0 Å². The lowest BCUT2D eigenvalue weighted by atomic mass is 10.1. The highest BCUT2D eigenvalue weighted by molar-refractivity contribution is 8.00. The molecule has 1 aromatic rings. The zero-order chi connectivity index (χ0) is 15.4. The first-order valence-electron chi connectivity index (χ1n) is 7.99. The van der Waals surface area contributed by atoms with E-state index in [2.05, 4.69) is 61.6 Å². The third-order valence-corrected chi connectivity index (χ3v) is 5.45. The predicted octanol–water partition coefficient (Wildman–Crippen LogP) is 3.04. The van der Waals surface area contributed by atoms with Crippen molar-refractivity contribution in [2.45, 2.75) is 58.4 Å². The normalized spacial score (nSPS) is 22.9. The highest BCUT2D eigenvalue weighted by Crippen LogP contribution is 2.30. The van der Waals surface area contributed by atoms with Gasteiger partial charge in [-0.05, 0) is 13.5 Å². The maximum absolute atomic E-state index is 4.82. The highest BCUT2D eigenvalue weighted by atomic mass is 32.2. The molecule has 21 heavy (non-hydrogen) atoms. The van der Waals surface area contributed by atoms with Crippen LogP contribution >= 0.6 is 11.8 Å². The molecule has 0 aliphatic carbocycles. The van der Waals surface area contributed by atoms with Crippen molar-refractivity contribution in [3.8, 4) is 0 Å². The van der Waals surface area contributed by atoms with E-state index in [0.29, 0.717) is 17.2 Å². The summed E-state index contributed by atoms with van der Waals surface area (Å²) in [5, 5.41) is 4.06. The van der Waals surface area contributed by atoms with Crippen molar-refractivity contribution in [2.75, 3.05) is 23.7 Å². The number of nitrogens with one attached hydrogen (secondary N) is 1. The summed E-state index contributed by atoms with van der Waals surface area (Å²) in [5.74, 6) is 2.49. The summed E-state index contributed by atoms with van der Waals surface area (Å²) in [6.45, 7) is 13.9. The Morgan fingerprint density at radius 2 is 2.19 bits per heavy atom. The summed E-state index contributed by atoms with van der Waals surface area (Å²) in [6.07, 6.45) is 2.04. The second-order valence-corrected chi connectivity index (χ2v) is 7.49. The molecule has 2 unspecified atom stereocenters. The van der Waals surface area contributed by atoms with Gasteiger partial charge in [0.1, 0.15) is 5.82 Å². The van der Waals surface area contributed by atoms with Crippen LogP contribution in [0.1, 0.15) is 52.1 Å². The fourth-order valence-corrected chi connectivity index (χ4v) is 3.69. The third kappa shape index (κ3) is 3.89. The van der Waals surface area contributed by atoms with Crippen LogP contribution in [0, 0.1) is 0 Å². The highest BCUT2D eigenvalue weighted by Gasteiger charge is 2.27. The Kier molecular flexibility index (Phi) is 5.88. The minimum absolute atomic E-state index is 0.368. The van der Waals surface area contributed by atoms with Gasteiger partial charge in [0.15, 0.2) is 0 Å². The van der Waals surface area contributed by atoms with E-state index in [-0.39, 0.29) is 0 Å². The van der Waals surface area contributed by atoms with Crippen molar-refractivity contribution in [2.24, 2.45) is 0 Å². The van der Waals surface area contributed by atoms with Gasteiger partial charge in [0.05, 0.1) is 17.6 Å². The Balaban J connectivity index is 2.32. The topological polar surface area (TPSA) is 41.1 Å². The molecule has 1 aliphatic rings. The van der Waals surface area contributed by atoms with E-state index in [9.17, 15) is 0 Å². The quantitative estimate of drug-likeness (QED) is 0.905. The fourth-order valence-electron chi connectivity index (χ4n) is 2.59. The molecule has 1 saturated heterocycles. The Hall–Kier alpha value is -0.810. The summed E-state index contributed by atoms with van der Waals surface area (Å²) in [7, 11) is 0. The van der Waals surface area contributed by atoms with Gasteiger partial charge in [0.25, 0.3) is 0 Å². The van der Waals surface area contributed by atoms with E-state index < -0.39 is 0 Å². The number of thioether (sulfide) groups is 1. The molecule has 4 nitrogen and oxygen atoms in total. The van der Waals surface area contributed by atoms with Gasteiger partial charge in [-0.1, -0.05) is 27.7 Å². The monoisotopic (exact) mass is 308 g/mol. The first-order valence-corrected chi connectivity index (χ1v) is 9.04. The van der Waals surface area contributed by atoms with Gasteiger partial charge in [-0.15, -0.1) is 0 Å². The van der Waals surface area contributed by atoms with E-state index in [1.54, 1.807) is 0 Å². The average molecular weight is 308 g/mol. The molecule has 2 rings (SSSR count). The van der Waals surface area contributed by atoms with Crippen LogP contribution < -0.4 is 10.2 Å². The number of aromatic nitrogens is 2. The predicted molar refractivity (Wildman–Crippen MR) is 92.2 cm³/mol. The number of anilines is 1. The summed E-state index contributed by atoms with van der Waals surface area (Å²) >= 11 is 2.06. The Morgan fingerprint density at radius 3 is 2.86 bits per heavy atom. The van der Waals surface area contributed by atoms with E-state index >= 15 is 0 Å². The summed E-state index contributed by atoms with van der Waals surface area (Å²) in [5.41, 5.74) is 2.35. The van der Waals surface area contributed by atoms with Gasteiger partial charge in [-0.25, -0.2) is 9.97 Å². The number of nitrogens with zero attached hydrogens (tertiary/aromatic N) is 3. The molecule has 0 aromatic carbocycles. The van der Waals surface area contributed by atoms with Crippen LogP contribution in [0.3, 0.4) is 0 Å². The summed E-state index contributed by atoms with van der Waals surface area (Å²) < 4.78 is 0. The fraction of sp³-hybridized carbons (Fsp3) is 0.750. The van der Waals surface area contributed by atoms with E-state index in [4.69, 9.17) is 4.98 Å². The summed E-state index contributed by atoms with van der Waals surface area (Å²) in [6, 6.07) is 0.526. The van der Waals surface area contributed by atoms with Crippen molar-refractivity contribution >= 4 is 17.4 Å². The van der Waals surface area contributed by atoms with Crippen molar-refractivity contribution in [1.82, 2.24) is 15.3 Å². The zero-order valence-electron chi connectivity index (χ0n) is 13.9. The molecule has 1 N–H and O–H groups in total. The van der Waals surface area contributed by atoms with E-state index in [1.165, 1.54) is 11.4 Å². The average Bonchev–Trinajstić information content (AvgIpc) is 2.48. The van der Waals surface area contributed by atoms with Gasteiger partial charge in [0, 0.05) is 36.1 Å². The Labute approximate surface area is 133 Å². The van der Waals surface area contributed by atoms with Crippen molar-refractivity contribution in [1.29, 1.82) is 0 Å². The van der Waals surface area contributed by atoms with Crippen molar-refractivity contribution < 1.29 is 0 Å². The molecule has 0 saturated carbocycles. The van der Waals surface area contributed by atoms with Crippen LogP contribution in [-0.4, -0.2) is 40.1 Å². The SMILES string of the molecule is CCNCc1nc(C(C)C)ncc1N1CCSC(C)C1C. The Morgan fingerprint density at radius 1 is 1.43 bits per heavy atom. The molecular formula is C16H28N4S. The molecule has 118 valence electrons.